The molecule has 0 radical (unpaired) electrons. The van der Waals surface area contributed by atoms with E-state index in [-0.39, 0.29) is 0 Å². The molecule has 670 valence electrons. The van der Waals surface area contributed by atoms with E-state index >= 15 is 0 Å². The topological polar surface area (TPSA) is 12.0 Å². The molecule has 13 aliphatic rings. The van der Waals surface area contributed by atoms with Gasteiger partial charge in [-0.25, -0.2) is 0 Å². The van der Waals surface area contributed by atoms with Gasteiger partial charge in [0.25, 0.3) is 0 Å². The summed E-state index contributed by atoms with van der Waals surface area (Å²) < 4.78 is 0. The van der Waals surface area contributed by atoms with Gasteiger partial charge in [-0.15, -0.1) is 0 Å². The molecule has 14 rings (SSSR count). The van der Waals surface area contributed by atoms with Gasteiger partial charge in [0.05, 0.1) is 0 Å². The first-order valence-electron chi connectivity index (χ1n) is 50.3. The Kier molecular flexibility index (Phi) is 167. The molecule has 1 nitrogen and oxygen atoms in total. The zero-order chi connectivity index (χ0) is 87.2. The number of fused-ring (bicyclic) bond motifs is 6. The molecule has 12 aliphatic carbocycles. The Morgan fingerprint density at radius 3 is 0.481 bits per heavy atom. The summed E-state index contributed by atoms with van der Waals surface area (Å²) >= 11 is 0. The molecule has 12 fully saturated rings. The van der Waals surface area contributed by atoms with E-state index in [1.54, 1.807) is 75.3 Å². The first-order valence-corrected chi connectivity index (χ1v) is 50.3. The summed E-state index contributed by atoms with van der Waals surface area (Å²) in [5.41, 5.74) is 3.13. The van der Waals surface area contributed by atoms with Crippen molar-refractivity contribution in [2.75, 3.05) is 13.1 Å². The number of hydrogen-bond donors (Lipinski definition) is 1. The average Bonchev–Trinajstić information content (AvgIpc) is 1.23. The second-order valence-electron chi connectivity index (χ2n) is 35.2. The third-order valence-electron chi connectivity index (χ3n) is 15.8. The first-order chi connectivity index (χ1) is 51.5. The third kappa shape index (κ3) is 178. The van der Waals surface area contributed by atoms with Crippen molar-refractivity contribution < 1.29 is 0 Å². The fourth-order valence-corrected chi connectivity index (χ4v) is 10.8. The Labute approximate surface area is 700 Å². The van der Waals surface area contributed by atoms with Crippen LogP contribution in [0.5, 0.6) is 0 Å². The summed E-state index contributed by atoms with van der Waals surface area (Å²) in [7, 11) is 0. The summed E-state index contributed by atoms with van der Waals surface area (Å²) in [4.78, 5) is 0. The van der Waals surface area contributed by atoms with Gasteiger partial charge in [0, 0.05) is 0 Å². The van der Waals surface area contributed by atoms with Crippen molar-refractivity contribution in [1.29, 1.82) is 0 Å². The normalized spacial score (nSPS) is 18.4. The fourth-order valence-electron chi connectivity index (χ4n) is 10.8. The van der Waals surface area contributed by atoms with E-state index in [1.807, 2.05) is 125 Å². The van der Waals surface area contributed by atoms with Gasteiger partial charge in [0.1, 0.15) is 0 Å². The average molecular weight is 1540 g/mol. The van der Waals surface area contributed by atoms with E-state index in [4.69, 9.17) is 0 Å². The number of benzene rings is 1. The molecule has 11 saturated carbocycles. The van der Waals surface area contributed by atoms with Gasteiger partial charge in [-0.1, -0.05) is 534 Å². The monoisotopic (exact) mass is 1540 g/mol. The minimum absolute atomic E-state index is 0.833. The lowest BCUT2D eigenvalue weighted by molar-refractivity contribution is 0.116. The summed E-state index contributed by atoms with van der Waals surface area (Å²) in [5.74, 6) is 13.4. The predicted octanol–water partition coefficient (Wildman–Crippen LogP) is 40.9. The van der Waals surface area contributed by atoms with Gasteiger partial charge >= 0.3 is 0 Å². The number of hydrogen-bond acceptors (Lipinski definition) is 1. The molecule has 0 spiro atoms. The number of nitrogens with one attached hydrogen (secondary N) is 1. The lowest BCUT2D eigenvalue weighted by Crippen LogP contribution is -2.28. The van der Waals surface area contributed by atoms with E-state index in [0.29, 0.717) is 0 Å². The minimum atomic E-state index is 0.833. The molecule has 1 aliphatic heterocycles. The highest BCUT2D eigenvalue weighted by Crippen LogP contribution is 2.45. The van der Waals surface area contributed by atoms with Gasteiger partial charge in [0.15, 0.2) is 0 Å². The Balaban J connectivity index is -0.0000000720. The molecule has 1 heteroatoms. The highest BCUT2D eigenvalue weighted by molar-refractivity contribution is 5.30. The third-order valence-corrected chi connectivity index (χ3v) is 15.8. The van der Waals surface area contributed by atoms with E-state index < -0.39 is 0 Å². The van der Waals surface area contributed by atoms with E-state index in [9.17, 15) is 0 Å². The molecule has 108 heavy (non-hydrogen) atoms. The Morgan fingerprint density at radius 1 is 0.204 bits per heavy atom. The quantitative estimate of drug-likeness (QED) is 0.276. The van der Waals surface area contributed by atoms with Gasteiger partial charge < -0.3 is 5.32 Å². The molecule has 1 aromatic rings. The number of aryl methyl sites for hydroxylation is 2. The van der Waals surface area contributed by atoms with Crippen LogP contribution < -0.4 is 5.32 Å². The molecule has 4 bridgehead atoms. The Bertz CT molecular complexity index is 1160. The van der Waals surface area contributed by atoms with Crippen LogP contribution in [0, 0.1) is 82.9 Å². The maximum Gasteiger partial charge on any atom is -0.00489 e. The van der Waals surface area contributed by atoms with Gasteiger partial charge in [-0.05, 0) is 165 Å². The van der Waals surface area contributed by atoms with Crippen LogP contribution in [-0.4, -0.2) is 13.1 Å². The van der Waals surface area contributed by atoms with Crippen LogP contribution >= 0.6 is 0 Å². The Hall–Kier alpha value is -0.820. The smallest absolute Gasteiger partial charge is 0.00489 e. The molecule has 1 aromatic carbocycles. The first kappa shape index (κ1) is 139. The second-order valence-corrected chi connectivity index (χ2v) is 35.2. The molecule has 1 saturated heterocycles. The standard InChI is InChI=1S/C9H10.C8H14.C7H12.C7H14.C6H13N.C6H12.2C5H10.C4H8.8C4H10.9C2H6/c1-2-5-9-7-3-6-8(9)4-1;1-2-8-5-3-7(1)4-6-8;1-2-6-4-7(3-1)5-6;2*1-2-4-6-7-5-3-1;1-5(2)6-3-4-6;2*1-2-4-5-3-1;1-2-4-3-1;8*1-4(2)3;9*1-2/h1-2,4-5H,3,6-7H2;7-8H,1-6H2;6-7H,1-5H2;1-7H2;7H,1-6H2;5-6H,3-4H2,1-2H3;2*1-5H2;1-4H2;8*4H,1-3H3;9*1-2H3. The van der Waals surface area contributed by atoms with Crippen molar-refractivity contribution in [2.45, 2.75) is 568 Å². The van der Waals surface area contributed by atoms with Crippen LogP contribution in [0.1, 0.15) is 566 Å². The van der Waals surface area contributed by atoms with Gasteiger partial charge in [-0.2, -0.15) is 0 Å². The fraction of sp³-hybridized carbons (Fsp3) is 0.944. The zero-order valence-electron chi connectivity index (χ0n) is 86.3. The van der Waals surface area contributed by atoms with E-state index in [0.717, 1.165) is 71.0 Å². The molecule has 0 unspecified atom stereocenters. The molecule has 0 aromatic heterocycles. The van der Waals surface area contributed by atoms with Crippen LogP contribution in [0.2, 0.25) is 0 Å². The summed E-state index contributed by atoms with van der Waals surface area (Å²) in [6, 6.07) is 8.74. The van der Waals surface area contributed by atoms with Gasteiger partial charge in [0.2, 0.25) is 0 Å². The largest absolute Gasteiger partial charge is 0.317 e. The second kappa shape index (κ2) is 130. The highest BCUT2D eigenvalue weighted by Gasteiger charge is 2.32. The van der Waals surface area contributed by atoms with Crippen LogP contribution in [0.3, 0.4) is 0 Å². The van der Waals surface area contributed by atoms with Crippen LogP contribution in [0.4, 0.5) is 0 Å². The lowest BCUT2D eigenvalue weighted by atomic mass is 9.65. The van der Waals surface area contributed by atoms with Crippen molar-refractivity contribution >= 4 is 0 Å². The molecule has 1 N–H and O–H groups in total. The molecule has 0 atom stereocenters. The molecular weight excluding hydrogens is 1300 g/mol. The van der Waals surface area contributed by atoms with Crippen molar-refractivity contribution in [3.05, 3.63) is 35.4 Å². The van der Waals surface area contributed by atoms with Crippen molar-refractivity contribution in [1.82, 2.24) is 5.32 Å². The van der Waals surface area contributed by atoms with Crippen molar-refractivity contribution in [3.8, 4) is 0 Å². The SMILES string of the molecule is C1CC2CC(C1)C2.C1CC2CCC1CC2.C1CCC1.C1CCCC1.C1CCCC1.C1CCCCCC1.C1CCCNCC1.CC.CC.CC.CC.CC.CC.CC.CC.CC.CC(C)C.CC(C)C.CC(C)C.CC(C)C.CC(C)C.CC(C)C.CC(C)C.CC(C)C.CC(C)C1CC1.c1ccc2c(c1)CCC2. The minimum Gasteiger partial charge on any atom is -0.317 e. The summed E-state index contributed by atoms with van der Waals surface area (Å²) in [6.45, 7) is 95.1. The Morgan fingerprint density at radius 2 is 0.370 bits per heavy atom. The number of rotatable bonds is 1. The summed E-state index contributed by atoms with van der Waals surface area (Å²) in [6.07, 6.45) is 61.3. The van der Waals surface area contributed by atoms with E-state index in [2.05, 4.69) is 210 Å². The lowest BCUT2D eigenvalue weighted by Gasteiger charge is -2.40. The van der Waals surface area contributed by atoms with Crippen molar-refractivity contribution in [2.24, 2.45) is 82.9 Å². The molecule has 0 amide bonds. The molecular formula is C107H237N. The predicted molar refractivity (Wildman–Crippen MR) is 525 cm³/mol. The summed E-state index contributed by atoms with van der Waals surface area (Å²) in [5, 5.41) is 3.35. The van der Waals surface area contributed by atoms with Crippen LogP contribution in [0.15, 0.2) is 24.3 Å². The maximum atomic E-state index is 3.35. The zero-order valence-corrected chi connectivity index (χ0v) is 86.3. The maximum absolute atomic E-state index is 3.35. The van der Waals surface area contributed by atoms with Crippen LogP contribution in [0.25, 0.3) is 0 Å². The van der Waals surface area contributed by atoms with Crippen molar-refractivity contribution in [3.63, 3.8) is 0 Å². The highest BCUT2D eigenvalue weighted by atomic mass is 14.8. The van der Waals surface area contributed by atoms with Crippen LogP contribution in [-0.2, 0) is 12.8 Å². The van der Waals surface area contributed by atoms with Gasteiger partial charge in [-0.3, -0.25) is 0 Å². The van der Waals surface area contributed by atoms with E-state index in [1.165, 1.54) is 224 Å². The molecule has 1 heterocycles.